The lowest BCUT2D eigenvalue weighted by molar-refractivity contribution is 0.149. The molecule has 3 aromatic heterocycles. The van der Waals surface area contributed by atoms with Crippen molar-refractivity contribution in [3.63, 3.8) is 0 Å². The summed E-state index contributed by atoms with van der Waals surface area (Å²) in [6.45, 7) is 6.06. The zero-order valence-corrected chi connectivity index (χ0v) is 25.4. The molecular weight excluding hydrogens is 556 g/mol. The molecule has 2 saturated heterocycles. The Bertz CT molecular complexity index is 1510. The average Bonchev–Trinajstić information content (AvgIpc) is 3.77. The van der Waals surface area contributed by atoms with Crippen molar-refractivity contribution in [3.8, 4) is 22.9 Å². The van der Waals surface area contributed by atoms with Crippen molar-refractivity contribution in [3.05, 3.63) is 35.6 Å². The van der Waals surface area contributed by atoms with Gasteiger partial charge in [-0.2, -0.15) is 4.98 Å². The molecule has 2 aliphatic heterocycles. The van der Waals surface area contributed by atoms with Crippen LogP contribution in [-0.4, -0.2) is 108 Å². The van der Waals surface area contributed by atoms with Gasteiger partial charge in [0, 0.05) is 56.3 Å². The van der Waals surface area contributed by atoms with Crippen LogP contribution in [0.3, 0.4) is 0 Å². The Morgan fingerprint density at radius 2 is 1.76 bits per heavy atom. The molecule has 2 aliphatic rings. The maximum atomic E-state index is 9.98. The second kappa shape index (κ2) is 12.3. The summed E-state index contributed by atoms with van der Waals surface area (Å²) in [7, 11) is 6.95. The highest BCUT2D eigenvalue weighted by molar-refractivity contribution is 7.18. The minimum Gasteiger partial charge on any atom is -0.493 e. The maximum Gasteiger partial charge on any atom is 0.229 e. The topological polar surface area (TPSA) is 113 Å². The first-order valence-electron chi connectivity index (χ1n) is 14.2. The molecule has 0 bridgehead atoms. The minimum absolute atomic E-state index is 0.0271. The summed E-state index contributed by atoms with van der Waals surface area (Å²) in [5, 5.41) is 14.4. The number of nitrogens with zero attached hydrogens (tertiary/aromatic N) is 7. The van der Waals surface area contributed by atoms with E-state index in [2.05, 4.69) is 38.1 Å². The highest BCUT2D eigenvalue weighted by atomic mass is 32.1. The number of nitrogens with one attached hydrogen (secondary N) is 1. The van der Waals surface area contributed by atoms with Crippen LogP contribution in [0.4, 0.5) is 17.6 Å². The second-order valence-corrected chi connectivity index (χ2v) is 11.8. The lowest BCUT2D eigenvalue weighted by Gasteiger charge is -2.31. The third-order valence-electron chi connectivity index (χ3n) is 8.03. The molecule has 4 aromatic rings. The zero-order chi connectivity index (χ0) is 29.2. The molecule has 0 aliphatic carbocycles. The first-order chi connectivity index (χ1) is 20.5. The Morgan fingerprint density at radius 3 is 2.45 bits per heavy atom. The van der Waals surface area contributed by atoms with E-state index in [0.29, 0.717) is 34.8 Å². The fourth-order valence-electron chi connectivity index (χ4n) is 5.64. The number of aliphatic hydroxyl groups excluding tert-OH is 1. The van der Waals surface area contributed by atoms with Crippen LogP contribution >= 0.6 is 11.3 Å². The van der Waals surface area contributed by atoms with Gasteiger partial charge in [-0.15, -0.1) is 11.3 Å². The number of rotatable bonds is 10. The molecular formula is C29H38N8O4S. The van der Waals surface area contributed by atoms with Gasteiger partial charge in [0.2, 0.25) is 11.7 Å². The third kappa shape index (κ3) is 5.69. The molecule has 5 heterocycles. The van der Waals surface area contributed by atoms with Crippen LogP contribution in [0.5, 0.6) is 17.2 Å². The van der Waals surface area contributed by atoms with Gasteiger partial charge in [0.25, 0.3) is 0 Å². The zero-order valence-electron chi connectivity index (χ0n) is 24.5. The van der Waals surface area contributed by atoms with Crippen molar-refractivity contribution in [2.24, 2.45) is 0 Å². The van der Waals surface area contributed by atoms with E-state index in [-0.39, 0.29) is 12.6 Å². The molecule has 12 nitrogen and oxygen atoms in total. The van der Waals surface area contributed by atoms with E-state index in [9.17, 15) is 5.11 Å². The van der Waals surface area contributed by atoms with E-state index in [1.54, 1.807) is 39.0 Å². The van der Waals surface area contributed by atoms with Crippen LogP contribution in [0, 0.1) is 0 Å². The molecule has 0 radical (unpaired) electrons. The molecule has 0 amide bonds. The molecule has 13 heteroatoms. The summed E-state index contributed by atoms with van der Waals surface area (Å²) < 4.78 is 18.4. The predicted octanol–water partition coefficient (Wildman–Crippen LogP) is 3.35. The number of anilines is 3. The number of imidazole rings is 1. The van der Waals surface area contributed by atoms with Crippen LogP contribution in [0.15, 0.2) is 30.7 Å². The summed E-state index contributed by atoms with van der Waals surface area (Å²) in [5.41, 5.74) is 0.812. The van der Waals surface area contributed by atoms with Crippen molar-refractivity contribution >= 4 is 39.1 Å². The van der Waals surface area contributed by atoms with Gasteiger partial charge in [0.05, 0.1) is 51.2 Å². The number of hydrogen-bond acceptors (Lipinski definition) is 12. The van der Waals surface area contributed by atoms with E-state index in [0.717, 1.165) is 68.0 Å². The molecule has 42 heavy (non-hydrogen) atoms. The smallest absolute Gasteiger partial charge is 0.229 e. The second-order valence-electron chi connectivity index (χ2n) is 10.7. The van der Waals surface area contributed by atoms with Gasteiger partial charge in [-0.25, -0.2) is 9.97 Å². The number of methoxy groups -OCH3 is 3. The van der Waals surface area contributed by atoms with Gasteiger partial charge in [0.15, 0.2) is 11.5 Å². The first kappa shape index (κ1) is 28.5. The SMILES string of the molecule is COc1cc(-n2cnc(Nc3nc(N4CCCC4CO)nc4sc(CN5CCN(C)CC5)cc34)c2)cc(OC)c1OC. The third-order valence-corrected chi connectivity index (χ3v) is 9.04. The van der Waals surface area contributed by atoms with Gasteiger partial charge in [-0.1, -0.05) is 0 Å². The quantitative estimate of drug-likeness (QED) is 0.282. The van der Waals surface area contributed by atoms with Crippen molar-refractivity contribution in [1.82, 2.24) is 29.3 Å². The summed E-state index contributed by atoms with van der Waals surface area (Å²) in [5.74, 6) is 3.64. The Hall–Kier alpha value is -3.65. The first-order valence-corrected chi connectivity index (χ1v) is 15.0. The van der Waals surface area contributed by atoms with Crippen LogP contribution in [0.1, 0.15) is 17.7 Å². The number of hydrogen-bond donors (Lipinski definition) is 2. The number of aromatic nitrogens is 4. The minimum atomic E-state index is 0.0271. The number of fused-ring (bicyclic) bond motifs is 1. The van der Waals surface area contributed by atoms with Crippen molar-refractivity contribution < 1.29 is 19.3 Å². The van der Waals surface area contributed by atoms with Gasteiger partial charge < -0.3 is 39.0 Å². The number of benzene rings is 1. The number of aliphatic hydroxyl groups is 1. The molecule has 6 rings (SSSR count). The van der Waals surface area contributed by atoms with Gasteiger partial charge in [0.1, 0.15) is 22.8 Å². The van der Waals surface area contributed by atoms with Gasteiger partial charge >= 0.3 is 0 Å². The number of piperazine rings is 1. The maximum absolute atomic E-state index is 9.98. The molecule has 224 valence electrons. The Labute approximate surface area is 249 Å². The molecule has 2 fully saturated rings. The molecule has 2 N–H and O–H groups in total. The van der Waals surface area contributed by atoms with Crippen LogP contribution in [0.2, 0.25) is 0 Å². The van der Waals surface area contributed by atoms with Crippen molar-refractivity contribution in [2.75, 3.05) is 77.9 Å². The summed E-state index contributed by atoms with van der Waals surface area (Å²) in [6, 6.07) is 5.98. The van der Waals surface area contributed by atoms with Crippen molar-refractivity contribution in [2.45, 2.75) is 25.4 Å². The lowest BCUT2D eigenvalue weighted by Crippen LogP contribution is -2.43. The Morgan fingerprint density at radius 1 is 1.00 bits per heavy atom. The molecule has 0 spiro atoms. The Balaban J connectivity index is 1.33. The van der Waals surface area contributed by atoms with E-state index in [1.807, 2.05) is 22.9 Å². The molecule has 0 saturated carbocycles. The number of thiophene rings is 1. The molecule has 1 atom stereocenters. The Kier molecular flexibility index (Phi) is 8.34. The van der Waals surface area contributed by atoms with Crippen LogP contribution in [0.25, 0.3) is 15.9 Å². The molecule has 1 aromatic carbocycles. The lowest BCUT2D eigenvalue weighted by atomic mass is 10.2. The fraction of sp³-hybridized carbons (Fsp3) is 0.483. The van der Waals surface area contributed by atoms with Gasteiger partial charge in [-0.3, -0.25) is 4.90 Å². The number of likely N-dealkylation sites (N-methyl/N-ethyl adjacent to an activating group) is 1. The normalized spacial score (nSPS) is 18.1. The van der Waals surface area contributed by atoms with Crippen LogP contribution < -0.4 is 24.4 Å². The summed E-state index contributed by atoms with van der Waals surface area (Å²) in [4.78, 5) is 23.8. The van der Waals surface area contributed by atoms with E-state index in [4.69, 9.17) is 24.2 Å². The van der Waals surface area contributed by atoms with E-state index < -0.39 is 0 Å². The summed E-state index contributed by atoms with van der Waals surface area (Å²) in [6.07, 6.45) is 5.57. The van der Waals surface area contributed by atoms with Crippen molar-refractivity contribution in [1.29, 1.82) is 0 Å². The standard InChI is InChI=1S/C29H38N8O4S/c1-34-8-10-35(11-9-34)15-21-14-22-27(32-29(33-28(22)42-21)37-7-5-6-19(37)17-38)31-25-16-36(18-30-25)20-12-23(39-2)26(41-4)24(13-20)40-3/h12-14,16,18-19,38H,5-11,15,17H2,1-4H3,(H,31,32,33). The summed E-state index contributed by atoms with van der Waals surface area (Å²) >= 11 is 1.71. The molecule has 1 unspecified atom stereocenters. The largest absolute Gasteiger partial charge is 0.493 e. The highest BCUT2D eigenvalue weighted by Gasteiger charge is 2.28. The highest BCUT2D eigenvalue weighted by Crippen LogP contribution is 2.40. The average molecular weight is 595 g/mol. The number of ether oxygens (including phenoxy) is 3. The van der Waals surface area contributed by atoms with E-state index in [1.165, 1.54) is 4.88 Å². The monoisotopic (exact) mass is 594 g/mol. The fourth-order valence-corrected chi connectivity index (χ4v) is 6.71. The predicted molar refractivity (Wildman–Crippen MR) is 164 cm³/mol. The van der Waals surface area contributed by atoms with Crippen LogP contribution in [-0.2, 0) is 6.54 Å². The van der Waals surface area contributed by atoms with Gasteiger partial charge in [-0.05, 0) is 26.0 Å². The van der Waals surface area contributed by atoms with E-state index >= 15 is 0 Å².